The van der Waals surface area contributed by atoms with Gasteiger partial charge in [0, 0.05) is 76.9 Å². The molecule has 13 nitrogen and oxygen atoms in total. The molecule has 2 aliphatic heterocycles. The molecule has 318 valence electrons. The third-order valence-electron chi connectivity index (χ3n) is 10.8. The molecule has 3 aromatic carbocycles. The van der Waals surface area contributed by atoms with Gasteiger partial charge >= 0.3 is 23.9 Å². The number of anilines is 3. The predicted octanol–water partition coefficient (Wildman–Crippen LogP) is 8.01. The minimum Gasteiger partial charge on any atom is -0.481 e. The van der Waals surface area contributed by atoms with Crippen molar-refractivity contribution in [1.29, 1.82) is 0 Å². The summed E-state index contributed by atoms with van der Waals surface area (Å²) in [6.45, 7) is 7.30. The fraction of sp³-hybridized carbons (Fsp3) is 0.356. The summed E-state index contributed by atoms with van der Waals surface area (Å²) in [5.74, 6) is -3.20. The second kappa shape index (κ2) is 20.5. The molecular formula is C45H51ClN4O9S. The van der Waals surface area contributed by atoms with Gasteiger partial charge in [0.2, 0.25) is 5.91 Å². The molecule has 0 aliphatic carbocycles. The van der Waals surface area contributed by atoms with Crippen LogP contribution in [0.5, 0.6) is 0 Å². The minimum absolute atomic E-state index is 0.0463. The number of carboxylic acids is 4. The van der Waals surface area contributed by atoms with Gasteiger partial charge in [0.15, 0.2) is 0 Å². The summed E-state index contributed by atoms with van der Waals surface area (Å²) < 4.78 is 0. The van der Waals surface area contributed by atoms with Crippen LogP contribution in [0.3, 0.4) is 0 Å². The Balaban J connectivity index is 1.36. The van der Waals surface area contributed by atoms with Gasteiger partial charge in [-0.1, -0.05) is 68.8 Å². The van der Waals surface area contributed by atoms with E-state index in [1.807, 2.05) is 48.6 Å². The van der Waals surface area contributed by atoms with Crippen molar-refractivity contribution in [3.8, 4) is 0 Å². The van der Waals surface area contributed by atoms with E-state index < -0.39 is 29.3 Å². The number of hydrogen-bond acceptors (Lipinski definition) is 9. The SMILES string of the molecule is CCC1CS\C(=C/C=C(Cl)/C=C/C2N(CCC(=O)O)c3ccc4c(NC(=O)/C=C/c5ccc(N(CCC(=O)O)CCC(=O)O)cc5)cccc4c3C2(C)C)N1CCC(=O)O. The van der Waals surface area contributed by atoms with Gasteiger partial charge in [0.1, 0.15) is 0 Å². The standard InChI is InChI=1S/C45H51ClN4O9S/c1-4-31-28-60-39(49(31)26-22-42(56)57)19-12-30(46)11-17-37-45(2,3)44-34-6-5-7-35(33(34)15-16-36(44)50(37)27-23-43(58)59)47-38(51)18-10-29-8-13-32(14-9-29)48(24-20-40(52)53)25-21-41(54)55/h5-19,31,37H,4,20-28H2,1-3H3,(H,47,51)(H,52,53)(H,54,55)(H,56,57)(H,58,59)/b17-11+,18-10+,30-12-,39-19-. The summed E-state index contributed by atoms with van der Waals surface area (Å²) in [6.07, 6.45) is 11.2. The molecule has 0 aromatic heterocycles. The largest absolute Gasteiger partial charge is 0.481 e. The van der Waals surface area contributed by atoms with Gasteiger partial charge in [-0.2, -0.15) is 0 Å². The first-order valence-electron chi connectivity index (χ1n) is 19.8. The van der Waals surface area contributed by atoms with E-state index in [-0.39, 0.29) is 63.3 Å². The number of rotatable bonds is 20. The molecule has 2 atom stereocenters. The van der Waals surface area contributed by atoms with Crippen LogP contribution in [0.2, 0.25) is 0 Å². The lowest BCUT2D eigenvalue weighted by atomic mass is 9.78. The number of carbonyl (C=O) groups is 5. The van der Waals surface area contributed by atoms with Crippen LogP contribution in [-0.2, 0) is 29.4 Å². The summed E-state index contributed by atoms with van der Waals surface area (Å²) in [7, 11) is 0. The Morgan fingerprint density at radius 3 is 2.08 bits per heavy atom. The maximum Gasteiger partial charge on any atom is 0.305 e. The van der Waals surface area contributed by atoms with Gasteiger partial charge in [-0.25, -0.2) is 0 Å². The number of halogens is 1. The van der Waals surface area contributed by atoms with Gasteiger partial charge in [-0.05, 0) is 71.5 Å². The Morgan fingerprint density at radius 2 is 1.47 bits per heavy atom. The number of hydrogen-bond donors (Lipinski definition) is 5. The second-order valence-corrected chi connectivity index (χ2v) is 16.7. The van der Waals surface area contributed by atoms with Crippen LogP contribution >= 0.6 is 23.4 Å². The lowest BCUT2D eigenvalue weighted by Gasteiger charge is -2.32. The van der Waals surface area contributed by atoms with Gasteiger partial charge in [-0.15, -0.1) is 11.8 Å². The average Bonchev–Trinajstić information content (AvgIpc) is 3.70. The van der Waals surface area contributed by atoms with Crippen LogP contribution < -0.4 is 15.1 Å². The van der Waals surface area contributed by atoms with E-state index in [1.165, 1.54) is 6.08 Å². The van der Waals surface area contributed by atoms with E-state index in [9.17, 15) is 34.2 Å². The molecule has 2 unspecified atom stereocenters. The molecule has 2 heterocycles. The van der Waals surface area contributed by atoms with Crippen LogP contribution in [0.1, 0.15) is 64.0 Å². The normalized spacial score (nSPS) is 18.1. The number of nitrogens with one attached hydrogen (secondary N) is 1. The van der Waals surface area contributed by atoms with E-state index in [0.717, 1.165) is 44.8 Å². The Morgan fingerprint density at radius 1 is 0.833 bits per heavy atom. The fourth-order valence-corrected chi connectivity index (χ4v) is 9.25. The van der Waals surface area contributed by atoms with E-state index in [2.05, 4.69) is 35.9 Å². The second-order valence-electron chi connectivity index (χ2n) is 15.2. The lowest BCUT2D eigenvalue weighted by Crippen LogP contribution is -2.41. The average molecular weight is 859 g/mol. The molecule has 60 heavy (non-hydrogen) atoms. The number of nitrogens with zero attached hydrogens (tertiary/aromatic N) is 3. The number of carboxylic acid groups (broad SMARTS) is 4. The van der Waals surface area contributed by atoms with Gasteiger partial charge in [-0.3, -0.25) is 24.0 Å². The third kappa shape index (κ3) is 11.5. The molecule has 5 rings (SSSR count). The van der Waals surface area contributed by atoms with Crippen LogP contribution in [-0.4, -0.2) is 99.1 Å². The molecular weight excluding hydrogens is 808 g/mol. The summed E-state index contributed by atoms with van der Waals surface area (Å²) in [6, 6.07) is 16.6. The molecule has 15 heteroatoms. The van der Waals surface area contributed by atoms with Gasteiger partial charge in [0.05, 0.1) is 36.8 Å². The summed E-state index contributed by atoms with van der Waals surface area (Å²) in [4.78, 5) is 64.5. The monoisotopic (exact) mass is 858 g/mol. The van der Waals surface area contributed by atoms with Crippen molar-refractivity contribution < 1.29 is 44.4 Å². The van der Waals surface area contributed by atoms with Gasteiger partial charge < -0.3 is 40.4 Å². The predicted molar refractivity (Wildman–Crippen MR) is 238 cm³/mol. The number of fused-ring (bicyclic) bond motifs is 3. The van der Waals surface area contributed by atoms with Crippen molar-refractivity contribution in [2.45, 2.75) is 70.4 Å². The minimum atomic E-state index is -0.979. The quantitative estimate of drug-likeness (QED) is 0.0544. The van der Waals surface area contributed by atoms with Crippen molar-refractivity contribution in [2.24, 2.45) is 0 Å². The molecule has 2 aliphatic rings. The van der Waals surface area contributed by atoms with E-state index in [0.29, 0.717) is 23.0 Å². The van der Waals surface area contributed by atoms with Crippen molar-refractivity contribution >= 4 is 87.1 Å². The number of allylic oxidation sites excluding steroid dienone is 4. The molecule has 1 fully saturated rings. The highest BCUT2D eigenvalue weighted by atomic mass is 35.5. The highest BCUT2D eigenvalue weighted by Gasteiger charge is 2.44. The molecule has 0 radical (unpaired) electrons. The summed E-state index contributed by atoms with van der Waals surface area (Å²) in [5.41, 5.74) is 3.38. The first-order valence-corrected chi connectivity index (χ1v) is 21.1. The van der Waals surface area contributed by atoms with Crippen molar-refractivity contribution in [3.05, 3.63) is 106 Å². The number of benzene rings is 3. The van der Waals surface area contributed by atoms with Crippen LogP contribution in [0.4, 0.5) is 17.1 Å². The maximum absolute atomic E-state index is 13.3. The zero-order chi connectivity index (χ0) is 43.6. The Labute approximate surface area is 358 Å². The number of carbonyl (C=O) groups excluding carboxylic acids is 1. The Hall–Kier alpha value is -5.73. The van der Waals surface area contributed by atoms with Crippen LogP contribution in [0, 0.1) is 0 Å². The molecule has 0 saturated carbocycles. The van der Waals surface area contributed by atoms with Crippen molar-refractivity contribution in [3.63, 3.8) is 0 Å². The van der Waals surface area contributed by atoms with Crippen molar-refractivity contribution in [2.75, 3.05) is 47.0 Å². The molecule has 0 spiro atoms. The van der Waals surface area contributed by atoms with Gasteiger partial charge in [0.25, 0.3) is 0 Å². The van der Waals surface area contributed by atoms with Crippen molar-refractivity contribution in [1.82, 2.24) is 4.90 Å². The molecule has 1 saturated heterocycles. The first-order chi connectivity index (χ1) is 28.6. The zero-order valence-electron chi connectivity index (χ0n) is 33.8. The highest BCUT2D eigenvalue weighted by molar-refractivity contribution is 8.03. The highest BCUT2D eigenvalue weighted by Crippen LogP contribution is 2.50. The van der Waals surface area contributed by atoms with E-state index in [4.69, 9.17) is 21.8 Å². The molecule has 5 N–H and O–H groups in total. The third-order valence-corrected chi connectivity index (χ3v) is 12.2. The lowest BCUT2D eigenvalue weighted by molar-refractivity contribution is -0.138. The fourth-order valence-electron chi connectivity index (χ4n) is 7.77. The first kappa shape index (κ1) is 45.4. The topological polar surface area (TPSA) is 188 Å². The molecule has 3 aromatic rings. The molecule has 0 bridgehead atoms. The van der Waals surface area contributed by atoms with E-state index >= 15 is 0 Å². The zero-order valence-corrected chi connectivity index (χ0v) is 35.4. The number of aliphatic carboxylic acids is 4. The Bertz CT molecular complexity index is 2200. The number of thioether (sulfide) groups is 1. The maximum atomic E-state index is 13.3. The summed E-state index contributed by atoms with van der Waals surface area (Å²) in [5, 5.41) is 43.4. The molecule has 1 amide bonds. The number of amides is 1. The Kier molecular flexibility index (Phi) is 15.5. The van der Waals surface area contributed by atoms with Crippen LogP contribution in [0.25, 0.3) is 16.8 Å². The van der Waals surface area contributed by atoms with E-state index in [1.54, 1.807) is 53.1 Å². The summed E-state index contributed by atoms with van der Waals surface area (Å²) >= 11 is 8.44. The smallest absolute Gasteiger partial charge is 0.305 e. The van der Waals surface area contributed by atoms with Crippen LogP contribution in [0.15, 0.2) is 95.0 Å².